The molecule has 1 aliphatic carbocycles. The highest BCUT2D eigenvalue weighted by Gasteiger charge is 2.58. The van der Waals surface area contributed by atoms with E-state index in [4.69, 9.17) is 0 Å². The van der Waals surface area contributed by atoms with Crippen molar-refractivity contribution >= 4 is 132 Å². The van der Waals surface area contributed by atoms with Crippen molar-refractivity contribution in [3.63, 3.8) is 0 Å². The van der Waals surface area contributed by atoms with Gasteiger partial charge in [-0.15, -0.1) is 22.7 Å². The van der Waals surface area contributed by atoms with Gasteiger partial charge in [-0.1, -0.05) is 179 Å². The molecule has 0 radical (unpaired) electrons. The molecule has 3 aliphatic heterocycles. The summed E-state index contributed by atoms with van der Waals surface area (Å²) >= 11 is 3.87. The van der Waals surface area contributed by atoms with Crippen LogP contribution in [0, 0.1) is 0 Å². The summed E-state index contributed by atoms with van der Waals surface area (Å²) in [5.74, 6) is 0. The van der Waals surface area contributed by atoms with Crippen molar-refractivity contribution in [1.29, 1.82) is 0 Å². The Kier molecular flexibility index (Phi) is 9.75. The smallest absolute Gasteiger partial charge is 0.252 e. The molecule has 2 unspecified atom stereocenters. The molecule has 4 aliphatic rings. The number of hydrogen-bond acceptors (Lipinski definition) is 5. The predicted octanol–water partition coefficient (Wildman–Crippen LogP) is 18.1. The van der Waals surface area contributed by atoms with E-state index in [1.54, 1.807) is 0 Å². The van der Waals surface area contributed by atoms with E-state index in [1.807, 2.05) is 22.7 Å². The average Bonchev–Trinajstić information content (AvgIpc) is 4.04. The van der Waals surface area contributed by atoms with Crippen LogP contribution in [0.25, 0.3) is 40.3 Å². The Hall–Kier alpha value is -6.34. The third-order valence-corrected chi connectivity index (χ3v) is 20.7. The fourth-order valence-corrected chi connectivity index (χ4v) is 16.4. The van der Waals surface area contributed by atoms with E-state index >= 15 is 0 Å². The fraction of sp³-hybridized carbons (Fsp3) is 0.294. The first-order valence-corrected chi connectivity index (χ1v) is 28.8. The number of anilines is 8. The van der Waals surface area contributed by atoms with Crippen LogP contribution in [-0.4, -0.2) is 12.3 Å². The molecule has 2 atom stereocenters. The monoisotopic (exact) mass is 999 g/mol. The van der Waals surface area contributed by atoms with Crippen LogP contribution in [0.3, 0.4) is 0 Å². The summed E-state index contributed by atoms with van der Waals surface area (Å²) in [6.45, 7) is 26.5. The Balaban J connectivity index is 1.15. The molecule has 0 bridgehead atoms. The van der Waals surface area contributed by atoms with E-state index < -0.39 is 0 Å². The summed E-state index contributed by atoms with van der Waals surface area (Å²) in [4.78, 5) is 8.25. The molecule has 1 fully saturated rings. The minimum absolute atomic E-state index is 0.0184. The van der Waals surface area contributed by atoms with Crippen molar-refractivity contribution in [2.24, 2.45) is 0 Å². The summed E-state index contributed by atoms with van der Waals surface area (Å²) in [6, 6.07) is 59.9. The molecule has 74 heavy (non-hydrogen) atoms. The first-order valence-electron chi connectivity index (χ1n) is 27.2. The van der Waals surface area contributed by atoms with Crippen LogP contribution in [0.5, 0.6) is 0 Å². The highest BCUT2D eigenvalue weighted by Crippen LogP contribution is 2.63. The zero-order valence-corrected chi connectivity index (χ0v) is 46.6. The van der Waals surface area contributed by atoms with Gasteiger partial charge in [0.05, 0.1) is 26.3 Å². The molecule has 368 valence electrons. The van der Waals surface area contributed by atoms with E-state index in [0.29, 0.717) is 0 Å². The quantitative estimate of drug-likeness (QED) is 0.163. The lowest BCUT2D eigenvalue weighted by molar-refractivity contribution is 0.195. The van der Waals surface area contributed by atoms with Gasteiger partial charge in [-0.2, -0.15) is 0 Å². The summed E-state index contributed by atoms with van der Waals surface area (Å²) < 4.78 is 5.29. The molecular weight excluding hydrogens is 934 g/mol. The molecule has 8 aromatic carbocycles. The Morgan fingerprint density at radius 3 is 1.38 bits per heavy atom. The lowest BCUT2D eigenvalue weighted by Gasteiger charge is -2.51. The van der Waals surface area contributed by atoms with E-state index in [9.17, 15) is 0 Å². The summed E-state index contributed by atoms with van der Waals surface area (Å²) in [7, 11) is 0. The molecular formula is C68H66BN3S2. The first-order chi connectivity index (χ1) is 35.3. The van der Waals surface area contributed by atoms with Crippen molar-refractivity contribution in [2.75, 3.05) is 14.7 Å². The van der Waals surface area contributed by atoms with Crippen LogP contribution in [0.1, 0.15) is 124 Å². The lowest BCUT2D eigenvalue weighted by Crippen LogP contribution is -2.62. The lowest BCUT2D eigenvalue weighted by atomic mass is 9.33. The highest BCUT2D eigenvalue weighted by molar-refractivity contribution is 7.27. The third kappa shape index (κ3) is 6.43. The standard InChI is InChI=1S/C68H66BN3S2/c1-64(2,3)41-28-31-52-49(36-41)67(10)34-16-17-35-68(67,11)72(52)44-39-57-61-58(40-44)71(56-25-19-23-48-46-21-13-15-27-60(46)74-63(48)56)54-33-30-43(66(7,8)9)38-51(54)69(61)50-37-42(65(4,5)6)29-32-53(50)70(57)55-24-18-22-47-45-20-12-14-26-59(45)73-62(47)55/h12-15,18-33,36-40H,16-17,34-35H2,1-11H3. The molecule has 14 rings (SSSR count). The summed E-state index contributed by atoms with van der Waals surface area (Å²) in [5.41, 5.74) is 19.7. The van der Waals surface area contributed by atoms with Crippen LogP contribution >= 0.6 is 22.7 Å². The van der Waals surface area contributed by atoms with Gasteiger partial charge in [-0.3, -0.25) is 0 Å². The number of nitrogens with zero attached hydrogens (tertiary/aromatic N) is 3. The van der Waals surface area contributed by atoms with Crippen LogP contribution in [0.4, 0.5) is 45.5 Å². The molecule has 0 N–H and O–H groups in total. The minimum Gasteiger partial charge on any atom is -0.334 e. The zero-order chi connectivity index (χ0) is 51.0. The Bertz CT molecular complexity index is 3800. The summed E-state index contributed by atoms with van der Waals surface area (Å²) in [6.07, 6.45) is 4.77. The molecule has 1 saturated carbocycles. The van der Waals surface area contributed by atoms with Crippen LogP contribution in [-0.2, 0) is 21.7 Å². The van der Waals surface area contributed by atoms with Gasteiger partial charge in [0.2, 0.25) is 0 Å². The Morgan fingerprint density at radius 2 is 0.878 bits per heavy atom. The van der Waals surface area contributed by atoms with E-state index in [-0.39, 0.29) is 33.9 Å². The SMILES string of the molecule is CC(C)(C)c1ccc2c(c1)B1c3cc(C(C)(C)C)ccc3N(c3cccc4c3sc3ccccc34)c3cc(N4c5ccc(C(C)(C)C)cc5C5(C)CCCCC45C)cc(c31)N2c1cccc2c1sc1ccccc12. The third-order valence-electron chi connectivity index (χ3n) is 18.3. The number of thiophene rings is 2. The minimum atomic E-state index is -0.153. The topological polar surface area (TPSA) is 9.72 Å². The van der Waals surface area contributed by atoms with Crippen molar-refractivity contribution in [3.8, 4) is 0 Å². The van der Waals surface area contributed by atoms with Gasteiger partial charge < -0.3 is 14.7 Å². The maximum atomic E-state index is 2.84. The van der Waals surface area contributed by atoms with Crippen molar-refractivity contribution in [1.82, 2.24) is 0 Å². The van der Waals surface area contributed by atoms with Gasteiger partial charge in [-0.05, 0) is 129 Å². The van der Waals surface area contributed by atoms with Crippen molar-refractivity contribution < 1.29 is 0 Å². The van der Waals surface area contributed by atoms with Gasteiger partial charge in [0, 0.05) is 70.5 Å². The molecule has 0 spiro atoms. The molecule has 0 saturated heterocycles. The molecule has 3 nitrogen and oxygen atoms in total. The summed E-state index contributed by atoms with van der Waals surface area (Å²) in [5, 5.41) is 5.27. The second-order valence-electron chi connectivity index (χ2n) is 25.7. The number of hydrogen-bond donors (Lipinski definition) is 0. The molecule has 10 aromatic rings. The number of rotatable bonds is 3. The van der Waals surface area contributed by atoms with Crippen molar-refractivity contribution in [3.05, 3.63) is 174 Å². The van der Waals surface area contributed by atoms with Gasteiger partial charge in [0.1, 0.15) is 0 Å². The maximum Gasteiger partial charge on any atom is 0.252 e. The van der Waals surface area contributed by atoms with Gasteiger partial charge >= 0.3 is 0 Å². The highest BCUT2D eigenvalue weighted by atomic mass is 32.1. The normalized spacial score (nSPS) is 19.3. The number of fused-ring (bicyclic) bond motifs is 13. The van der Waals surface area contributed by atoms with E-state index in [2.05, 4.69) is 243 Å². The van der Waals surface area contributed by atoms with Gasteiger partial charge in [-0.25, -0.2) is 0 Å². The fourth-order valence-electron chi connectivity index (χ4n) is 14.0. The molecule has 2 aromatic heterocycles. The van der Waals surface area contributed by atoms with E-state index in [0.717, 1.165) is 6.42 Å². The molecule has 5 heterocycles. The van der Waals surface area contributed by atoms with Gasteiger partial charge in [0.15, 0.2) is 0 Å². The van der Waals surface area contributed by atoms with E-state index in [1.165, 1.54) is 144 Å². The molecule has 0 amide bonds. The van der Waals surface area contributed by atoms with Crippen molar-refractivity contribution in [2.45, 2.75) is 129 Å². The largest absolute Gasteiger partial charge is 0.334 e. The average molecular weight is 1000 g/mol. The maximum absolute atomic E-state index is 2.84. The Morgan fingerprint density at radius 1 is 0.432 bits per heavy atom. The predicted molar refractivity (Wildman–Crippen MR) is 325 cm³/mol. The van der Waals surface area contributed by atoms with Crippen LogP contribution < -0.4 is 31.1 Å². The Labute approximate surface area is 446 Å². The van der Waals surface area contributed by atoms with Gasteiger partial charge in [0.25, 0.3) is 6.71 Å². The van der Waals surface area contributed by atoms with Crippen LogP contribution in [0.15, 0.2) is 152 Å². The zero-order valence-electron chi connectivity index (χ0n) is 45.0. The second-order valence-corrected chi connectivity index (χ2v) is 27.8. The second kappa shape index (κ2) is 15.6. The number of benzene rings is 8. The molecule has 6 heteroatoms. The van der Waals surface area contributed by atoms with Crippen LogP contribution in [0.2, 0.25) is 0 Å². The first kappa shape index (κ1) is 46.2.